The van der Waals surface area contributed by atoms with Gasteiger partial charge >= 0.3 is 0 Å². The zero-order chi connectivity index (χ0) is 41.0. The highest BCUT2D eigenvalue weighted by atomic mass is 15.2. The molecule has 0 saturated carbocycles. The Kier molecular flexibility index (Phi) is 8.35. The number of rotatable bonds is 7. The summed E-state index contributed by atoms with van der Waals surface area (Å²) in [6.07, 6.45) is 7.38. The minimum atomic E-state index is 0.558. The number of nitrogens with zero attached hydrogens (tertiary/aromatic N) is 7. The van der Waals surface area contributed by atoms with E-state index in [-0.39, 0.29) is 0 Å². The van der Waals surface area contributed by atoms with Crippen molar-refractivity contribution < 1.29 is 0 Å². The van der Waals surface area contributed by atoms with Crippen molar-refractivity contribution in [2.45, 2.75) is 0 Å². The molecule has 7 aromatic carbocycles. The van der Waals surface area contributed by atoms with Crippen molar-refractivity contribution in [1.82, 2.24) is 34.1 Å². The van der Waals surface area contributed by atoms with E-state index in [1.165, 1.54) is 10.8 Å². The molecule has 290 valence electrons. The van der Waals surface area contributed by atoms with Crippen molar-refractivity contribution in [1.29, 1.82) is 0 Å². The van der Waals surface area contributed by atoms with Gasteiger partial charge in [0, 0.05) is 63.1 Å². The van der Waals surface area contributed by atoms with Crippen molar-refractivity contribution in [3.8, 4) is 67.8 Å². The van der Waals surface area contributed by atoms with Gasteiger partial charge in [-0.3, -0.25) is 14.5 Å². The molecule has 5 heterocycles. The lowest BCUT2D eigenvalue weighted by atomic mass is 9.99. The molecule has 0 aliphatic heterocycles. The molecule has 0 saturated heterocycles. The number of benzene rings is 7. The second kappa shape index (κ2) is 14.6. The fourth-order valence-electron chi connectivity index (χ4n) is 8.82. The van der Waals surface area contributed by atoms with Crippen LogP contribution in [0.5, 0.6) is 0 Å². The van der Waals surface area contributed by atoms with Crippen LogP contribution in [0, 0.1) is 0 Å². The first kappa shape index (κ1) is 35.4. The van der Waals surface area contributed by atoms with Crippen LogP contribution in [0.15, 0.2) is 213 Å². The molecule has 12 aromatic rings. The first-order valence-corrected chi connectivity index (χ1v) is 20.6. The summed E-state index contributed by atoms with van der Waals surface area (Å²) in [5, 5.41) is 4.58. The minimum absolute atomic E-state index is 0.558. The molecule has 0 aliphatic rings. The summed E-state index contributed by atoms with van der Waals surface area (Å²) < 4.78 is 4.55. The molecule has 5 aromatic heterocycles. The van der Waals surface area contributed by atoms with E-state index in [0.29, 0.717) is 17.6 Å². The predicted octanol–water partition coefficient (Wildman–Crippen LogP) is 13.2. The van der Waals surface area contributed by atoms with Gasteiger partial charge in [0.1, 0.15) is 0 Å². The van der Waals surface area contributed by atoms with Crippen molar-refractivity contribution >= 4 is 43.6 Å². The number of para-hydroxylation sites is 1. The molecule has 0 amide bonds. The Morgan fingerprint density at radius 1 is 0.274 bits per heavy atom. The third-order valence-electron chi connectivity index (χ3n) is 11.8. The Morgan fingerprint density at radius 3 is 1.03 bits per heavy atom. The van der Waals surface area contributed by atoms with Crippen LogP contribution < -0.4 is 0 Å². The summed E-state index contributed by atoms with van der Waals surface area (Å²) in [5.41, 5.74) is 14.0. The minimum Gasteiger partial charge on any atom is -0.309 e. The second-order valence-corrected chi connectivity index (χ2v) is 15.4. The fourth-order valence-corrected chi connectivity index (χ4v) is 8.82. The first-order valence-electron chi connectivity index (χ1n) is 20.6. The van der Waals surface area contributed by atoms with Crippen LogP contribution in [0.4, 0.5) is 0 Å². The maximum absolute atomic E-state index is 5.18. The zero-order valence-corrected chi connectivity index (χ0v) is 33.3. The van der Waals surface area contributed by atoms with Crippen molar-refractivity contribution in [2.75, 3.05) is 0 Å². The van der Waals surface area contributed by atoms with E-state index < -0.39 is 0 Å². The smallest absolute Gasteiger partial charge is 0.238 e. The Bertz CT molecular complexity index is 3550. The maximum Gasteiger partial charge on any atom is 0.238 e. The second-order valence-electron chi connectivity index (χ2n) is 15.4. The number of fused-ring (bicyclic) bond motifs is 6. The summed E-state index contributed by atoms with van der Waals surface area (Å²) in [7, 11) is 0. The predicted molar refractivity (Wildman–Crippen MR) is 251 cm³/mol. The Morgan fingerprint density at radius 2 is 0.629 bits per heavy atom. The molecular weight excluding hydrogens is 759 g/mol. The SMILES string of the molecule is c1ccc(-c2nc(-c3ccccc3)nc(-n3c4ccc(-c5ccncc5)cc4c4cc(-c5ccc6c(c5)c5cc(-c7ccncc7)ccc5n6-c5ccccc5)ccc43)n2)cc1. The number of aromatic nitrogens is 7. The maximum atomic E-state index is 5.18. The third-order valence-corrected chi connectivity index (χ3v) is 11.8. The van der Waals surface area contributed by atoms with Crippen LogP contribution in [-0.2, 0) is 0 Å². The van der Waals surface area contributed by atoms with E-state index in [1.807, 2.05) is 85.5 Å². The largest absolute Gasteiger partial charge is 0.309 e. The van der Waals surface area contributed by atoms with E-state index in [2.05, 4.69) is 146 Å². The van der Waals surface area contributed by atoms with Gasteiger partial charge in [0.05, 0.1) is 22.1 Å². The molecule has 0 spiro atoms. The van der Waals surface area contributed by atoms with Gasteiger partial charge in [-0.15, -0.1) is 0 Å². The lowest BCUT2D eigenvalue weighted by Gasteiger charge is -2.11. The van der Waals surface area contributed by atoms with E-state index in [9.17, 15) is 0 Å². The summed E-state index contributed by atoms with van der Waals surface area (Å²) in [6.45, 7) is 0. The van der Waals surface area contributed by atoms with Gasteiger partial charge < -0.3 is 4.57 Å². The molecule has 0 radical (unpaired) electrons. The summed E-state index contributed by atoms with van der Waals surface area (Å²) in [5.74, 6) is 1.79. The lowest BCUT2D eigenvalue weighted by molar-refractivity contribution is 0.953. The van der Waals surface area contributed by atoms with Crippen LogP contribution >= 0.6 is 0 Å². The molecule has 0 fully saturated rings. The Labute approximate surface area is 356 Å². The number of hydrogen-bond donors (Lipinski definition) is 0. The third kappa shape index (κ3) is 6.02. The van der Waals surface area contributed by atoms with Gasteiger partial charge in [0.25, 0.3) is 0 Å². The van der Waals surface area contributed by atoms with E-state index in [1.54, 1.807) is 0 Å². The molecule has 12 rings (SSSR count). The van der Waals surface area contributed by atoms with Gasteiger partial charge in [-0.25, -0.2) is 4.98 Å². The molecule has 0 atom stereocenters. The van der Waals surface area contributed by atoms with Crippen LogP contribution in [0.25, 0.3) is 111 Å². The Hall–Kier alpha value is -8.55. The van der Waals surface area contributed by atoms with E-state index >= 15 is 0 Å². The van der Waals surface area contributed by atoms with E-state index in [0.717, 1.165) is 83.0 Å². The van der Waals surface area contributed by atoms with Crippen molar-refractivity contribution in [2.24, 2.45) is 0 Å². The molecule has 62 heavy (non-hydrogen) atoms. The van der Waals surface area contributed by atoms with Crippen molar-refractivity contribution in [3.63, 3.8) is 0 Å². The van der Waals surface area contributed by atoms with Gasteiger partial charge in [0.2, 0.25) is 5.95 Å². The van der Waals surface area contributed by atoms with Gasteiger partial charge in [-0.2, -0.15) is 9.97 Å². The lowest BCUT2D eigenvalue weighted by Crippen LogP contribution is -2.06. The van der Waals surface area contributed by atoms with E-state index in [4.69, 9.17) is 15.0 Å². The summed E-state index contributed by atoms with van der Waals surface area (Å²) in [4.78, 5) is 23.9. The summed E-state index contributed by atoms with van der Waals surface area (Å²) >= 11 is 0. The Balaban J connectivity index is 1.09. The van der Waals surface area contributed by atoms with Gasteiger partial charge in [-0.1, -0.05) is 103 Å². The topological polar surface area (TPSA) is 74.3 Å². The van der Waals surface area contributed by atoms with Crippen LogP contribution in [0.2, 0.25) is 0 Å². The van der Waals surface area contributed by atoms with Gasteiger partial charge in [0.15, 0.2) is 11.6 Å². The van der Waals surface area contributed by atoms with Crippen LogP contribution in [0.1, 0.15) is 0 Å². The highest BCUT2D eigenvalue weighted by Gasteiger charge is 2.20. The molecule has 0 bridgehead atoms. The first-order chi connectivity index (χ1) is 30.7. The van der Waals surface area contributed by atoms with Crippen LogP contribution in [0.3, 0.4) is 0 Å². The highest BCUT2D eigenvalue weighted by molar-refractivity contribution is 6.13. The monoisotopic (exact) mass is 793 g/mol. The zero-order valence-electron chi connectivity index (χ0n) is 33.3. The number of pyridine rings is 2. The molecule has 7 nitrogen and oxygen atoms in total. The summed E-state index contributed by atoms with van der Waals surface area (Å²) in [6, 6.07) is 66.1. The molecule has 0 aliphatic carbocycles. The molecule has 0 unspecified atom stereocenters. The average Bonchev–Trinajstić information content (AvgIpc) is 3.86. The molecule has 0 N–H and O–H groups in total. The quantitative estimate of drug-likeness (QED) is 0.161. The number of hydrogen-bond acceptors (Lipinski definition) is 5. The normalized spacial score (nSPS) is 11.5. The fraction of sp³-hybridized carbons (Fsp3) is 0. The van der Waals surface area contributed by atoms with Gasteiger partial charge in [-0.05, 0) is 118 Å². The average molecular weight is 794 g/mol. The highest BCUT2D eigenvalue weighted by Crippen LogP contribution is 2.40. The van der Waals surface area contributed by atoms with Crippen molar-refractivity contribution in [3.05, 3.63) is 213 Å². The molecular formula is C55H35N7. The van der Waals surface area contributed by atoms with Crippen LogP contribution in [-0.4, -0.2) is 34.1 Å². The standard InChI is InChI=1S/C55H35N7/c1-4-10-38(11-5-1)53-58-54(39-12-6-2-7-13-39)60-55(59-53)62-51-22-17-41(37-26-30-57-31-27-37)33-47(51)48-35-43(19-23-52(48)62)42-18-21-50-46(34-42)45-32-40(36-24-28-56-29-25-36)16-20-49(45)61(50)44-14-8-3-9-15-44/h1-35H. The molecule has 7 heteroatoms.